The van der Waals surface area contributed by atoms with Crippen LogP contribution in [-0.4, -0.2) is 50.2 Å². The summed E-state index contributed by atoms with van der Waals surface area (Å²) in [7, 11) is 5.80. The normalized spacial score (nSPS) is 13.2. The maximum Gasteiger partial charge on any atom is 0.306 e. The van der Waals surface area contributed by atoms with Gasteiger partial charge in [-0.05, 0) is 25.7 Å². The molecule has 0 saturated heterocycles. The van der Waals surface area contributed by atoms with Gasteiger partial charge in [-0.15, -0.1) is 0 Å². The van der Waals surface area contributed by atoms with Crippen molar-refractivity contribution in [3.63, 3.8) is 0 Å². The molecule has 5 heteroatoms. The van der Waals surface area contributed by atoms with E-state index in [1.807, 2.05) is 21.1 Å². The smallest absolute Gasteiger partial charge is 0.306 e. The Morgan fingerprint density at radius 2 is 1.74 bits per heavy atom. The van der Waals surface area contributed by atoms with Crippen LogP contribution in [0.2, 0.25) is 0 Å². The topological polar surface area (TPSA) is 66.4 Å². The minimum Gasteiger partial charge on any atom is -0.550 e. The lowest BCUT2D eigenvalue weighted by Gasteiger charge is -2.29. The van der Waals surface area contributed by atoms with E-state index in [4.69, 9.17) is 4.74 Å². The van der Waals surface area contributed by atoms with Gasteiger partial charge < -0.3 is 19.1 Å². The second kappa shape index (κ2) is 12.1. The molecular weight excluding hydrogens is 294 g/mol. The summed E-state index contributed by atoms with van der Waals surface area (Å²) in [6.07, 6.45) is 10.0. The molecule has 1 unspecified atom stereocenters. The molecule has 0 aliphatic carbocycles. The Morgan fingerprint density at radius 3 is 2.30 bits per heavy atom. The Kier molecular flexibility index (Phi) is 11.4. The molecule has 0 rings (SSSR count). The van der Waals surface area contributed by atoms with E-state index in [1.54, 1.807) is 0 Å². The predicted molar refractivity (Wildman–Crippen MR) is 89.5 cm³/mol. The van der Waals surface area contributed by atoms with Crippen LogP contribution in [0, 0.1) is 0 Å². The average molecular weight is 327 g/mol. The molecule has 0 spiro atoms. The van der Waals surface area contributed by atoms with Crippen LogP contribution in [-0.2, 0) is 14.3 Å². The van der Waals surface area contributed by atoms with Crippen LogP contribution < -0.4 is 5.11 Å². The summed E-state index contributed by atoms with van der Waals surface area (Å²) in [5.41, 5.74) is 0. The number of rotatable bonds is 13. The maximum absolute atomic E-state index is 11.8. The summed E-state index contributed by atoms with van der Waals surface area (Å²) in [4.78, 5) is 22.6. The van der Waals surface area contributed by atoms with Crippen molar-refractivity contribution in [1.29, 1.82) is 0 Å². The molecule has 0 N–H and O–H groups in total. The first-order chi connectivity index (χ1) is 10.7. The Balaban J connectivity index is 3.96. The standard InChI is InChI=1S/C18H33NO4/c1-5-6-7-8-9-10-11-12-13-18(22)23-16(14-17(20)21)15-19(2,3)4/h7-8,16H,5-6,9-15H2,1-4H3/b8-7+. The number of ether oxygens (including phenoxy) is 1. The maximum atomic E-state index is 11.8. The van der Waals surface area contributed by atoms with Crippen molar-refractivity contribution in [2.45, 2.75) is 64.4 Å². The highest BCUT2D eigenvalue weighted by molar-refractivity contribution is 5.70. The van der Waals surface area contributed by atoms with Gasteiger partial charge in [0.1, 0.15) is 6.54 Å². The molecular formula is C18H33NO4. The summed E-state index contributed by atoms with van der Waals surface area (Å²) < 4.78 is 5.84. The summed E-state index contributed by atoms with van der Waals surface area (Å²) in [5.74, 6) is -1.50. The summed E-state index contributed by atoms with van der Waals surface area (Å²) in [5, 5.41) is 10.8. The van der Waals surface area contributed by atoms with E-state index < -0.39 is 12.1 Å². The van der Waals surface area contributed by atoms with Gasteiger partial charge >= 0.3 is 5.97 Å². The Labute approximate surface area is 140 Å². The molecule has 0 amide bonds. The van der Waals surface area contributed by atoms with E-state index in [9.17, 15) is 14.7 Å². The average Bonchev–Trinajstić information content (AvgIpc) is 2.39. The third-order valence-electron chi connectivity index (χ3n) is 3.32. The first-order valence-corrected chi connectivity index (χ1v) is 8.59. The van der Waals surface area contributed by atoms with Gasteiger partial charge in [0.2, 0.25) is 0 Å². The number of carboxylic acid groups (broad SMARTS) is 1. The fraction of sp³-hybridized carbons (Fsp3) is 0.778. The van der Waals surface area contributed by atoms with Crippen LogP contribution in [0.5, 0.6) is 0 Å². The number of esters is 1. The van der Waals surface area contributed by atoms with Crippen molar-refractivity contribution < 1.29 is 23.9 Å². The van der Waals surface area contributed by atoms with Crippen molar-refractivity contribution in [2.24, 2.45) is 0 Å². The van der Waals surface area contributed by atoms with E-state index in [0.29, 0.717) is 17.4 Å². The molecule has 0 bridgehead atoms. The third-order valence-corrected chi connectivity index (χ3v) is 3.32. The van der Waals surface area contributed by atoms with E-state index in [0.717, 1.165) is 32.1 Å². The summed E-state index contributed by atoms with van der Waals surface area (Å²) in [6, 6.07) is 0. The first-order valence-electron chi connectivity index (χ1n) is 8.59. The largest absolute Gasteiger partial charge is 0.550 e. The highest BCUT2D eigenvalue weighted by Gasteiger charge is 2.22. The van der Waals surface area contributed by atoms with Gasteiger partial charge in [0, 0.05) is 18.8 Å². The SMILES string of the molecule is CCC/C=C/CCCCCC(=O)OC(CC(=O)[O-])C[N+](C)(C)C. The minimum absolute atomic E-state index is 0.247. The highest BCUT2D eigenvalue weighted by Crippen LogP contribution is 2.09. The highest BCUT2D eigenvalue weighted by atomic mass is 16.5. The van der Waals surface area contributed by atoms with Gasteiger partial charge in [-0.3, -0.25) is 4.79 Å². The Bertz CT molecular complexity index is 372. The lowest BCUT2D eigenvalue weighted by atomic mass is 10.1. The molecule has 0 aromatic rings. The van der Waals surface area contributed by atoms with Gasteiger partial charge in [0.25, 0.3) is 0 Å². The zero-order valence-electron chi connectivity index (χ0n) is 15.2. The number of unbranched alkanes of at least 4 members (excludes halogenated alkanes) is 4. The number of hydrogen-bond donors (Lipinski definition) is 0. The van der Waals surface area contributed by atoms with Crippen LogP contribution in [0.4, 0.5) is 0 Å². The third kappa shape index (κ3) is 15.3. The summed E-state index contributed by atoms with van der Waals surface area (Å²) in [6.45, 7) is 2.62. The number of hydrogen-bond acceptors (Lipinski definition) is 4. The van der Waals surface area contributed by atoms with Crippen molar-refractivity contribution >= 4 is 11.9 Å². The molecule has 0 aliphatic heterocycles. The van der Waals surface area contributed by atoms with E-state index >= 15 is 0 Å². The monoisotopic (exact) mass is 327 g/mol. The van der Waals surface area contributed by atoms with E-state index in [-0.39, 0.29) is 12.4 Å². The molecule has 0 saturated carbocycles. The summed E-state index contributed by atoms with van der Waals surface area (Å²) >= 11 is 0. The second-order valence-electron chi connectivity index (χ2n) is 7.02. The molecule has 23 heavy (non-hydrogen) atoms. The first kappa shape index (κ1) is 21.6. The predicted octanol–water partition coefficient (Wildman–Crippen LogP) is 2.05. The van der Waals surface area contributed by atoms with Gasteiger partial charge in [-0.2, -0.15) is 0 Å². The number of carbonyl (C=O) groups excluding carboxylic acids is 2. The Hall–Kier alpha value is -1.36. The number of likely N-dealkylation sites (N-methyl/N-ethyl adjacent to an activating group) is 1. The van der Waals surface area contributed by atoms with Crippen LogP contribution in [0.1, 0.15) is 58.3 Å². The van der Waals surface area contributed by atoms with Crippen molar-refractivity contribution in [3.8, 4) is 0 Å². The van der Waals surface area contributed by atoms with Crippen LogP contribution in [0.25, 0.3) is 0 Å². The van der Waals surface area contributed by atoms with Crippen molar-refractivity contribution in [2.75, 3.05) is 27.7 Å². The molecule has 1 atom stereocenters. The van der Waals surface area contributed by atoms with Crippen molar-refractivity contribution in [3.05, 3.63) is 12.2 Å². The molecule has 0 aliphatic rings. The quantitative estimate of drug-likeness (QED) is 0.225. The van der Waals surface area contributed by atoms with Crippen molar-refractivity contribution in [1.82, 2.24) is 0 Å². The molecule has 0 aromatic carbocycles. The fourth-order valence-electron chi connectivity index (χ4n) is 2.30. The lowest BCUT2D eigenvalue weighted by molar-refractivity contribution is -0.873. The molecule has 0 aromatic heterocycles. The molecule has 0 fully saturated rings. The van der Waals surface area contributed by atoms with Crippen LogP contribution in [0.3, 0.4) is 0 Å². The lowest BCUT2D eigenvalue weighted by Crippen LogP contribution is -2.45. The number of nitrogens with zero attached hydrogens (tertiary/aromatic N) is 1. The second-order valence-corrected chi connectivity index (χ2v) is 7.02. The number of aliphatic carboxylic acids is 1. The van der Waals surface area contributed by atoms with Gasteiger partial charge in [0.15, 0.2) is 6.10 Å². The molecule has 0 heterocycles. The van der Waals surface area contributed by atoms with Gasteiger partial charge in [0.05, 0.1) is 21.1 Å². The van der Waals surface area contributed by atoms with Crippen LogP contribution >= 0.6 is 0 Å². The van der Waals surface area contributed by atoms with Crippen LogP contribution in [0.15, 0.2) is 12.2 Å². The number of allylic oxidation sites excluding steroid dienone is 2. The van der Waals surface area contributed by atoms with E-state index in [2.05, 4.69) is 19.1 Å². The molecule has 134 valence electrons. The number of carbonyl (C=O) groups is 2. The number of carboxylic acids is 1. The fourth-order valence-corrected chi connectivity index (χ4v) is 2.30. The zero-order chi connectivity index (χ0) is 17.7. The molecule has 5 nitrogen and oxygen atoms in total. The Morgan fingerprint density at radius 1 is 1.09 bits per heavy atom. The zero-order valence-corrected chi connectivity index (χ0v) is 15.2. The van der Waals surface area contributed by atoms with Gasteiger partial charge in [-0.1, -0.05) is 31.9 Å². The number of quaternary nitrogens is 1. The van der Waals surface area contributed by atoms with E-state index in [1.165, 1.54) is 6.42 Å². The molecule has 0 radical (unpaired) electrons. The minimum atomic E-state index is -1.19. The van der Waals surface area contributed by atoms with Gasteiger partial charge in [-0.25, -0.2) is 0 Å².